The van der Waals surface area contributed by atoms with Crippen molar-refractivity contribution in [1.82, 2.24) is 4.98 Å². The van der Waals surface area contributed by atoms with E-state index in [4.69, 9.17) is 0 Å². The van der Waals surface area contributed by atoms with Crippen molar-refractivity contribution >= 4 is 11.9 Å². The number of benzene rings is 1. The van der Waals surface area contributed by atoms with Crippen LogP contribution in [0.3, 0.4) is 0 Å². The van der Waals surface area contributed by atoms with Gasteiger partial charge in [-0.3, -0.25) is 9.98 Å². The monoisotopic (exact) mass is 196 g/mol. The molecule has 0 spiro atoms. The number of hydrogen-bond acceptors (Lipinski definition) is 2. The van der Waals surface area contributed by atoms with E-state index in [1.54, 1.807) is 12.4 Å². The highest BCUT2D eigenvalue weighted by molar-refractivity contribution is 5.79. The second kappa shape index (κ2) is 4.51. The molecule has 1 aromatic carbocycles. The molecule has 2 nitrogen and oxygen atoms in total. The summed E-state index contributed by atoms with van der Waals surface area (Å²) in [6.45, 7) is 2.05. The Morgan fingerprint density at radius 2 is 1.87 bits per heavy atom. The van der Waals surface area contributed by atoms with Crippen molar-refractivity contribution in [2.75, 3.05) is 0 Å². The Balaban J connectivity index is 2.23. The standard InChI is InChI=1S/C13H12N2/c1-11-6-2-3-8-13(11)15-10-12-7-4-5-9-14-12/h2-10H,1H3. The summed E-state index contributed by atoms with van der Waals surface area (Å²) in [5.74, 6) is 0. The van der Waals surface area contributed by atoms with E-state index in [1.165, 1.54) is 5.56 Å². The average Bonchev–Trinajstić information content (AvgIpc) is 2.29. The Bertz CT molecular complexity index is 461. The Morgan fingerprint density at radius 1 is 1.07 bits per heavy atom. The van der Waals surface area contributed by atoms with Gasteiger partial charge >= 0.3 is 0 Å². The van der Waals surface area contributed by atoms with Crippen LogP contribution < -0.4 is 0 Å². The molecule has 15 heavy (non-hydrogen) atoms. The minimum atomic E-state index is 0.876. The van der Waals surface area contributed by atoms with Crippen LogP contribution in [0, 0.1) is 6.92 Å². The minimum Gasteiger partial charge on any atom is -0.255 e. The van der Waals surface area contributed by atoms with Gasteiger partial charge in [-0.1, -0.05) is 24.3 Å². The summed E-state index contributed by atoms with van der Waals surface area (Å²) in [7, 11) is 0. The lowest BCUT2D eigenvalue weighted by molar-refractivity contribution is 1.30. The zero-order valence-corrected chi connectivity index (χ0v) is 8.59. The number of para-hydroxylation sites is 1. The molecule has 0 atom stereocenters. The smallest absolute Gasteiger partial charge is 0.0812 e. The first-order chi connectivity index (χ1) is 7.36. The van der Waals surface area contributed by atoms with Gasteiger partial charge in [0.05, 0.1) is 17.6 Å². The number of nitrogens with zero attached hydrogens (tertiary/aromatic N) is 2. The van der Waals surface area contributed by atoms with Gasteiger partial charge in [0.25, 0.3) is 0 Å². The van der Waals surface area contributed by atoms with Crippen molar-refractivity contribution in [1.29, 1.82) is 0 Å². The molecule has 0 radical (unpaired) electrons. The highest BCUT2D eigenvalue weighted by Crippen LogP contribution is 2.16. The lowest BCUT2D eigenvalue weighted by atomic mass is 10.2. The van der Waals surface area contributed by atoms with E-state index in [1.807, 2.05) is 49.4 Å². The second-order valence-electron chi connectivity index (χ2n) is 3.30. The summed E-state index contributed by atoms with van der Waals surface area (Å²) < 4.78 is 0. The predicted octanol–water partition coefficient (Wildman–Crippen LogP) is 3.14. The van der Waals surface area contributed by atoms with Crippen LogP contribution in [0.1, 0.15) is 11.3 Å². The number of aryl methyl sites for hydroxylation is 1. The molecule has 0 bridgehead atoms. The maximum atomic E-state index is 4.39. The molecular weight excluding hydrogens is 184 g/mol. The van der Waals surface area contributed by atoms with Crippen molar-refractivity contribution in [3.8, 4) is 0 Å². The average molecular weight is 196 g/mol. The van der Waals surface area contributed by atoms with Crippen LogP contribution in [0.4, 0.5) is 5.69 Å². The van der Waals surface area contributed by atoms with Crippen molar-refractivity contribution < 1.29 is 0 Å². The van der Waals surface area contributed by atoms with Crippen molar-refractivity contribution in [3.63, 3.8) is 0 Å². The Labute approximate surface area is 89.3 Å². The molecule has 0 aliphatic carbocycles. The van der Waals surface area contributed by atoms with Crippen molar-refractivity contribution in [2.24, 2.45) is 4.99 Å². The molecule has 0 saturated carbocycles. The first kappa shape index (κ1) is 9.59. The van der Waals surface area contributed by atoms with Crippen LogP contribution in [0.2, 0.25) is 0 Å². The van der Waals surface area contributed by atoms with Gasteiger partial charge in [0.2, 0.25) is 0 Å². The lowest BCUT2D eigenvalue weighted by Gasteiger charge is -1.97. The topological polar surface area (TPSA) is 25.2 Å². The predicted molar refractivity (Wildman–Crippen MR) is 62.7 cm³/mol. The van der Waals surface area contributed by atoms with E-state index in [-0.39, 0.29) is 0 Å². The van der Waals surface area contributed by atoms with E-state index in [0.717, 1.165) is 11.4 Å². The molecule has 0 aliphatic rings. The molecule has 2 heteroatoms. The van der Waals surface area contributed by atoms with Crippen LogP contribution in [0.5, 0.6) is 0 Å². The molecule has 2 rings (SSSR count). The van der Waals surface area contributed by atoms with Gasteiger partial charge in [-0.15, -0.1) is 0 Å². The summed E-state index contributed by atoms with van der Waals surface area (Å²) in [5, 5.41) is 0. The third kappa shape index (κ3) is 2.50. The summed E-state index contributed by atoms with van der Waals surface area (Å²) in [5.41, 5.74) is 3.04. The molecular formula is C13H12N2. The Hall–Kier alpha value is -1.96. The van der Waals surface area contributed by atoms with E-state index < -0.39 is 0 Å². The first-order valence-electron chi connectivity index (χ1n) is 4.87. The zero-order chi connectivity index (χ0) is 10.5. The van der Waals surface area contributed by atoms with Gasteiger partial charge in [-0.2, -0.15) is 0 Å². The Kier molecular flexibility index (Phi) is 2.88. The van der Waals surface area contributed by atoms with Crippen molar-refractivity contribution in [2.45, 2.75) is 6.92 Å². The largest absolute Gasteiger partial charge is 0.255 e. The third-order valence-electron chi connectivity index (χ3n) is 2.14. The molecule has 74 valence electrons. The quantitative estimate of drug-likeness (QED) is 0.677. The molecule has 0 N–H and O–H groups in total. The fourth-order valence-corrected chi connectivity index (χ4v) is 1.30. The maximum Gasteiger partial charge on any atom is 0.0812 e. The molecule has 0 amide bonds. The molecule has 0 saturated heterocycles. The number of aliphatic imine (C=N–C) groups is 1. The molecule has 0 aliphatic heterocycles. The molecule has 0 fully saturated rings. The Morgan fingerprint density at radius 3 is 2.60 bits per heavy atom. The van der Waals surface area contributed by atoms with Crippen LogP contribution in [0.25, 0.3) is 0 Å². The lowest BCUT2D eigenvalue weighted by Crippen LogP contribution is -1.84. The van der Waals surface area contributed by atoms with E-state index in [0.29, 0.717) is 0 Å². The van der Waals surface area contributed by atoms with Crippen molar-refractivity contribution in [3.05, 3.63) is 59.9 Å². The zero-order valence-electron chi connectivity index (χ0n) is 8.59. The normalized spacial score (nSPS) is 10.7. The maximum absolute atomic E-state index is 4.39. The number of rotatable bonds is 2. The van der Waals surface area contributed by atoms with Crippen LogP contribution in [-0.4, -0.2) is 11.2 Å². The summed E-state index contributed by atoms with van der Waals surface area (Å²) in [6, 6.07) is 13.8. The molecule has 2 aromatic rings. The van der Waals surface area contributed by atoms with Gasteiger partial charge in [0.15, 0.2) is 0 Å². The highest BCUT2D eigenvalue weighted by atomic mass is 14.8. The van der Waals surface area contributed by atoms with Gasteiger partial charge in [0.1, 0.15) is 0 Å². The first-order valence-corrected chi connectivity index (χ1v) is 4.87. The molecule has 1 aromatic heterocycles. The van der Waals surface area contributed by atoms with Crippen LogP contribution in [0.15, 0.2) is 53.7 Å². The van der Waals surface area contributed by atoms with E-state index in [9.17, 15) is 0 Å². The van der Waals surface area contributed by atoms with Crippen LogP contribution >= 0.6 is 0 Å². The number of aromatic nitrogens is 1. The fraction of sp³-hybridized carbons (Fsp3) is 0.0769. The SMILES string of the molecule is Cc1ccccc1N=Cc1ccccn1. The van der Waals surface area contributed by atoms with Gasteiger partial charge < -0.3 is 0 Å². The minimum absolute atomic E-state index is 0.876. The molecule has 1 heterocycles. The number of hydrogen-bond donors (Lipinski definition) is 0. The number of pyridine rings is 1. The van der Waals surface area contributed by atoms with Crippen LogP contribution in [-0.2, 0) is 0 Å². The third-order valence-corrected chi connectivity index (χ3v) is 2.14. The van der Waals surface area contributed by atoms with E-state index >= 15 is 0 Å². The second-order valence-corrected chi connectivity index (χ2v) is 3.30. The van der Waals surface area contributed by atoms with Gasteiger partial charge in [-0.05, 0) is 30.7 Å². The highest BCUT2D eigenvalue weighted by Gasteiger charge is 1.92. The van der Waals surface area contributed by atoms with E-state index in [2.05, 4.69) is 9.98 Å². The van der Waals surface area contributed by atoms with Gasteiger partial charge in [0, 0.05) is 6.20 Å². The molecule has 0 unspecified atom stereocenters. The summed E-state index contributed by atoms with van der Waals surface area (Å²) in [6.07, 6.45) is 3.54. The fourth-order valence-electron chi connectivity index (χ4n) is 1.30. The summed E-state index contributed by atoms with van der Waals surface area (Å²) in [4.78, 5) is 8.56. The summed E-state index contributed by atoms with van der Waals surface area (Å²) >= 11 is 0. The van der Waals surface area contributed by atoms with Gasteiger partial charge in [-0.25, -0.2) is 0 Å².